The largest absolute Gasteiger partial charge is 0.490 e. The Morgan fingerprint density at radius 2 is 1.57 bits per heavy atom. The molecule has 11 heteroatoms. The number of ether oxygens (including phenoxy) is 5. The van der Waals surface area contributed by atoms with E-state index in [1.807, 2.05) is 50.3 Å². The molecule has 2 aromatic rings. The van der Waals surface area contributed by atoms with E-state index in [9.17, 15) is 19.2 Å². The van der Waals surface area contributed by atoms with E-state index in [0.717, 1.165) is 17.5 Å². The van der Waals surface area contributed by atoms with Crippen molar-refractivity contribution in [3.05, 3.63) is 119 Å². The Kier molecular flexibility index (Phi) is 15.3. The van der Waals surface area contributed by atoms with Gasteiger partial charge in [0.2, 0.25) is 0 Å². The molecule has 0 saturated heterocycles. The molecule has 0 saturated carbocycles. The Morgan fingerprint density at radius 3 is 2.29 bits per heavy atom. The highest BCUT2D eigenvalue weighted by atomic mass is 16.6. The number of allylic oxidation sites excluding steroid dienone is 3. The molecule has 1 aliphatic rings. The average molecular weight is 701 g/mol. The zero-order chi connectivity index (χ0) is 37.5. The number of anilines is 2. The number of ketones is 1. The molecule has 0 radical (unpaired) electrons. The number of amides is 1. The summed E-state index contributed by atoms with van der Waals surface area (Å²) in [6, 6.07) is 12.4. The fraction of sp³-hybridized carbons (Fsp3) is 0.350. The number of hydrogen-bond donors (Lipinski definition) is 2. The van der Waals surface area contributed by atoms with Crippen LogP contribution >= 0.6 is 0 Å². The fourth-order valence-electron chi connectivity index (χ4n) is 4.91. The zero-order valence-electron chi connectivity index (χ0n) is 30.1. The second-order valence-corrected chi connectivity index (χ2v) is 12.3. The maximum Gasteiger partial charge on any atom is 0.412 e. The molecular weight excluding hydrogens is 652 g/mol. The van der Waals surface area contributed by atoms with Gasteiger partial charge in [0.05, 0.1) is 12.2 Å². The molecule has 2 aromatic carbocycles. The first-order valence-corrected chi connectivity index (χ1v) is 16.8. The van der Waals surface area contributed by atoms with Crippen LogP contribution in [0.5, 0.6) is 0 Å². The number of Topliss-reactive ketones (excluding diaryl/α,β-unsaturated/α-hetero) is 1. The molecule has 2 unspecified atom stereocenters. The summed E-state index contributed by atoms with van der Waals surface area (Å²) in [6.45, 7) is 20.4. The molecule has 0 fully saturated rings. The van der Waals surface area contributed by atoms with E-state index in [2.05, 4.69) is 30.4 Å². The Balaban J connectivity index is 1.45. The van der Waals surface area contributed by atoms with Crippen molar-refractivity contribution >= 4 is 35.2 Å². The molecule has 1 amide bonds. The van der Waals surface area contributed by atoms with Crippen molar-refractivity contribution in [2.45, 2.75) is 72.5 Å². The van der Waals surface area contributed by atoms with Crippen molar-refractivity contribution in [3.8, 4) is 0 Å². The molecular formula is C40H48N2O9. The lowest BCUT2D eigenvalue weighted by molar-refractivity contribution is -0.139. The predicted molar refractivity (Wildman–Crippen MR) is 196 cm³/mol. The van der Waals surface area contributed by atoms with E-state index in [0.29, 0.717) is 52.3 Å². The molecule has 272 valence electrons. The highest BCUT2D eigenvalue weighted by Crippen LogP contribution is 2.27. The quantitative estimate of drug-likeness (QED) is 0.0487. The van der Waals surface area contributed by atoms with E-state index in [4.69, 9.17) is 23.7 Å². The number of benzene rings is 2. The third-order valence-corrected chi connectivity index (χ3v) is 7.65. The molecule has 3 rings (SSSR count). The molecule has 0 spiro atoms. The van der Waals surface area contributed by atoms with Gasteiger partial charge in [0.15, 0.2) is 11.7 Å². The monoisotopic (exact) mass is 700 g/mol. The van der Waals surface area contributed by atoms with Crippen LogP contribution in [0.15, 0.2) is 103 Å². The summed E-state index contributed by atoms with van der Waals surface area (Å²) in [5, 5.41) is 5.80. The first-order chi connectivity index (χ1) is 24.2. The Bertz CT molecular complexity index is 1700. The molecule has 1 aliphatic carbocycles. The van der Waals surface area contributed by atoms with Gasteiger partial charge in [0, 0.05) is 34.5 Å². The zero-order valence-corrected chi connectivity index (χ0v) is 30.1. The predicted octanol–water partition coefficient (Wildman–Crippen LogP) is 8.03. The first kappa shape index (κ1) is 39.9. The van der Waals surface area contributed by atoms with Gasteiger partial charge in [0.25, 0.3) is 0 Å². The minimum Gasteiger partial charge on any atom is -0.490 e. The number of rotatable bonds is 19. The summed E-state index contributed by atoms with van der Waals surface area (Å²) < 4.78 is 27.6. The Morgan fingerprint density at radius 1 is 0.863 bits per heavy atom. The van der Waals surface area contributed by atoms with Crippen LogP contribution in [-0.4, -0.2) is 55.8 Å². The lowest BCUT2D eigenvalue weighted by atomic mass is 9.91. The molecule has 51 heavy (non-hydrogen) atoms. The van der Waals surface area contributed by atoms with Crippen LogP contribution in [0.25, 0.3) is 0 Å². The summed E-state index contributed by atoms with van der Waals surface area (Å²) in [7, 11) is 0. The molecule has 2 N–H and O–H groups in total. The molecule has 2 atom stereocenters. The van der Waals surface area contributed by atoms with Crippen LogP contribution in [0.2, 0.25) is 0 Å². The van der Waals surface area contributed by atoms with Crippen molar-refractivity contribution in [1.29, 1.82) is 0 Å². The summed E-state index contributed by atoms with van der Waals surface area (Å²) >= 11 is 0. The second-order valence-electron chi connectivity index (χ2n) is 12.3. The van der Waals surface area contributed by atoms with Gasteiger partial charge in [-0.2, -0.15) is 0 Å². The highest BCUT2D eigenvalue weighted by molar-refractivity contribution is 5.97. The number of esters is 2. The van der Waals surface area contributed by atoms with Gasteiger partial charge in [0.1, 0.15) is 31.2 Å². The maximum atomic E-state index is 13.0. The fourth-order valence-corrected chi connectivity index (χ4v) is 4.91. The first-order valence-electron chi connectivity index (χ1n) is 16.8. The van der Waals surface area contributed by atoms with Crippen LogP contribution in [0.1, 0.15) is 67.9 Å². The van der Waals surface area contributed by atoms with E-state index in [1.165, 1.54) is 0 Å². The second kappa shape index (κ2) is 19.6. The SMILES string of the molecule is C=C(Nc1ccc(C)c(NC(=O)OC(C)COC(=O)c2ccccc2C)c1)OC(C)COC(=C)C1=C(C(=O)CCCOC(=O)C(=C)C)CCC=C1. The van der Waals surface area contributed by atoms with Gasteiger partial charge < -0.3 is 29.0 Å². The van der Waals surface area contributed by atoms with E-state index in [-0.39, 0.29) is 37.9 Å². The van der Waals surface area contributed by atoms with Crippen molar-refractivity contribution in [1.82, 2.24) is 0 Å². The van der Waals surface area contributed by atoms with Crippen molar-refractivity contribution in [2.75, 3.05) is 30.5 Å². The summed E-state index contributed by atoms with van der Waals surface area (Å²) in [5.41, 5.74) is 4.74. The number of carbonyl (C=O) groups is 4. The van der Waals surface area contributed by atoms with Gasteiger partial charge in [-0.1, -0.05) is 49.6 Å². The van der Waals surface area contributed by atoms with Crippen molar-refractivity contribution in [3.63, 3.8) is 0 Å². The van der Waals surface area contributed by atoms with Crippen LogP contribution in [0.3, 0.4) is 0 Å². The van der Waals surface area contributed by atoms with E-state index < -0.39 is 30.2 Å². The van der Waals surface area contributed by atoms with Crippen LogP contribution in [0.4, 0.5) is 16.2 Å². The standard InChI is InChI=1S/C40H48N2O9/c1-25(2)38(44)47-21-13-18-37(43)35-17-12-11-16-34(35)30(7)48-23-28(5)50-31(8)41-32-20-19-27(4)36(22-32)42-40(46)51-29(6)24-49-39(45)33-15-10-9-14-26(33)3/h9-11,14-16,19-20,22,28-29,41H,1,7-8,12-13,17-18,21,23-24H2,2-6H3,(H,42,46). The topological polar surface area (TPSA) is 138 Å². The van der Waals surface area contributed by atoms with Crippen LogP contribution < -0.4 is 10.6 Å². The lowest BCUT2D eigenvalue weighted by Gasteiger charge is -2.21. The van der Waals surface area contributed by atoms with Gasteiger partial charge in [-0.25, -0.2) is 14.4 Å². The smallest absolute Gasteiger partial charge is 0.412 e. The van der Waals surface area contributed by atoms with Gasteiger partial charge in [-0.15, -0.1) is 0 Å². The van der Waals surface area contributed by atoms with Gasteiger partial charge in [-0.05, 0) is 89.8 Å². The molecule has 0 aliphatic heterocycles. The maximum absolute atomic E-state index is 13.0. The molecule has 0 bridgehead atoms. The summed E-state index contributed by atoms with van der Waals surface area (Å²) in [6.07, 6.45) is 3.93. The minimum absolute atomic E-state index is 0.0403. The van der Waals surface area contributed by atoms with Gasteiger partial charge >= 0.3 is 18.0 Å². The molecule has 11 nitrogen and oxygen atoms in total. The molecule has 0 heterocycles. The minimum atomic E-state index is -0.701. The number of carbonyl (C=O) groups excluding carboxylic acids is 4. The Labute approximate surface area is 300 Å². The normalized spacial score (nSPS) is 13.3. The Hall–Kier alpha value is -5.58. The number of nitrogens with one attached hydrogen (secondary N) is 2. The van der Waals surface area contributed by atoms with Crippen molar-refractivity contribution in [2.24, 2.45) is 0 Å². The van der Waals surface area contributed by atoms with Crippen LogP contribution in [-0.2, 0) is 33.3 Å². The number of hydrogen-bond acceptors (Lipinski definition) is 10. The highest BCUT2D eigenvalue weighted by Gasteiger charge is 2.20. The molecule has 0 aromatic heterocycles. The third kappa shape index (κ3) is 13.0. The lowest BCUT2D eigenvalue weighted by Crippen LogP contribution is -2.25. The average Bonchev–Trinajstić information content (AvgIpc) is 3.09. The van der Waals surface area contributed by atoms with Crippen LogP contribution in [0, 0.1) is 13.8 Å². The van der Waals surface area contributed by atoms with Crippen molar-refractivity contribution < 1.29 is 42.9 Å². The summed E-state index contributed by atoms with van der Waals surface area (Å²) in [4.78, 5) is 49.5. The summed E-state index contributed by atoms with van der Waals surface area (Å²) in [5.74, 6) is -0.392. The van der Waals surface area contributed by atoms with E-state index >= 15 is 0 Å². The third-order valence-electron chi connectivity index (χ3n) is 7.65. The van der Waals surface area contributed by atoms with Gasteiger partial charge in [-0.3, -0.25) is 10.1 Å². The number of aryl methyl sites for hydroxylation is 2. The van der Waals surface area contributed by atoms with E-state index in [1.54, 1.807) is 39.0 Å².